The molecule has 0 bridgehead atoms. The van der Waals surface area contributed by atoms with E-state index in [0.717, 1.165) is 11.8 Å². The maximum atomic E-state index is 15.2. The predicted octanol–water partition coefficient (Wildman–Crippen LogP) is 3.13. The zero-order valence-electron chi connectivity index (χ0n) is 23.4. The number of aromatic nitrogens is 3. The molecule has 16 heteroatoms. The van der Waals surface area contributed by atoms with Crippen LogP contribution in [0, 0.1) is 11.6 Å². The average molecular weight is 621 g/mol. The van der Waals surface area contributed by atoms with Gasteiger partial charge in [-0.1, -0.05) is 11.3 Å². The molecule has 0 saturated carbocycles. The van der Waals surface area contributed by atoms with Gasteiger partial charge in [-0.25, -0.2) is 23.1 Å². The van der Waals surface area contributed by atoms with Crippen LogP contribution in [0.5, 0.6) is 0 Å². The van der Waals surface area contributed by atoms with E-state index >= 15 is 4.39 Å². The Labute approximate surface area is 252 Å². The van der Waals surface area contributed by atoms with Gasteiger partial charge in [0.25, 0.3) is 0 Å². The molecule has 13 nitrogen and oxygen atoms in total. The number of anilines is 1. The van der Waals surface area contributed by atoms with Crippen molar-refractivity contribution in [3.63, 3.8) is 0 Å². The molecule has 2 aliphatic heterocycles. The summed E-state index contributed by atoms with van der Waals surface area (Å²) in [5.41, 5.74) is -0.787. The van der Waals surface area contributed by atoms with E-state index in [9.17, 15) is 19.1 Å². The number of hydrogen-bond acceptors (Lipinski definition) is 10. The Hall–Kier alpha value is -4.50. The summed E-state index contributed by atoms with van der Waals surface area (Å²) in [5, 5.41) is 25.5. The van der Waals surface area contributed by atoms with Crippen LogP contribution < -0.4 is 4.90 Å². The van der Waals surface area contributed by atoms with Gasteiger partial charge in [-0.05, 0) is 44.2 Å². The number of hydrogen-bond donors (Lipinski definition) is 1. The molecular weight excluding hydrogens is 590 g/mol. The van der Waals surface area contributed by atoms with Crippen molar-refractivity contribution in [2.24, 2.45) is 5.10 Å². The van der Waals surface area contributed by atoms with E-state index in [1.165, 1.54) is 27.2 Å². The molecule has 1 N–H and O–H groups in total. The van der Waals surface area contributed by atoms with Crippen LogP contribution in [0.1, 0.15) is 19.4 Å². The van der Waals surface area contributed by atoms with Crippen LogP contribution in [0.4, 0.5) is 24.1 Å². The van der Waals surface area contributed by atoms with Crippen molar-refractivity contribution in [3.8, 4) is 5.69 Å². The summed E-state index contributed by atoms with van der Waals surface area (Å²) in [6, 6.07) is 8.74. The van der Waals surface area contributed by atoms with E-state index in [0.29, 0.717) is 18.3 Å². The van der Waals surface area contributed by atoms with Gasteiger partial charge in [0, 0.05) is 30.4 Å². The molecule has 5 rings (SSSR count). The first-order chi connectivity index (χ1) is 20.2. The van der Waals surface area contributed by atoms with Crippen molar-refractivity contribution in [3.05, 3.63) is 72.1 Å². The molecule has 1 fully saturated rings. The predicted molar refractivity (Wildman–Crippen MR) is 153 cm³/mol. The largest absolute Gasteiger partial charge is 0.509 e. The third-order valence-corrected chi connectivity index (χ3v) is 7.20. The van der Waals surface area contributed by atoms with E-state index in [4.69, 9.17) is 9.47 Å². The molecular formula is C27H31ClF2N8O5. The number of carbonyl (C=O) groups excluding carboxylic acids is 2. The van der Waals surface area contributed by atoms with Gasteiger partial charge in [-0.15, -0.1) is 17.5 Å². The van der Waals surface area contributed by atoms with Crippen LogP contribution in [-0.2, 0) is 15.1 Å². The highest BCUT2D eigenvalue weighted by atomic mass is 35.5. The molecule has 2 amide bonds. The number of nitrogens with zero attached hydrogens (tertiary/aromatic N) is 8. The number of carbonyl (C=O) groups is 2. The Morgan fingerprint density at radius 2 is 1.86 bits per heavy atom. The van der Waals surface area contributed by atoms with Crippen molar-refractivity contribution in [1.82, 2.24) is 29.8 Å². The molecule has 230 valence electrons. The Kier molecular flexibility index (Phi) is 9.66. The van der Waals surface area contributed by atoms with Gasteiger partial charge in [0.15, 0.2) is 6.73 Å². The lowest BCUT2D eigenvalue weighted by molar-refractivity contribution is -0.0601. The smallest absolute Gasteiger partial charge is 0.435 e. The molecule has 43 heavy (non-hydrogen) atoms. The van der Waals surface area contributed by atoms with Gasteiger partial charge in [0.2, 0.25) is 0 Å². The zero-order chi connectivity index (χ0) is 29.9. The van der Waals surface area contributed by atoms with E-state index < -0.39 is 29.4 Å². The quantitative estimate of drug-likeness (QED) is 0.340. The number of amides is 2. The van der Waals surface area contributed by atoms with Crippen molar-refractivity contribution in [2.45, 2.75) is 25.5 Å². The Morgan fingerprint density at radius 1 is 1.12 bits per heavy atom. The van der Waals surface area contributed by atoms with Crippen LogP contribution in [0.3, 0.4) is 0 Å². The molecule has 2 aliphatic rings. The molecule has 0 unspecified atom stereocenters. The van der Waals surface area contributed by atoms with E-state index in [1.54, 1.807) is 60.1 Å². The third kappa shape index (κ3) is 6.62. The van der Waals surface area contributed by atoms with E-state index in [2.05, 4.69) is 15.4 Å². The fourth-order valence-electron chi connectivity index (χ4n) is 4.99. The summed E-state index contributed by atoms with van der Waals surface area (Å²) in [5.74, 6) is -1.76. The van der Waals surface area contributed by atoms with Crippen molar-refractivity contribution in [2.75, 3.05) is 44.5 Å². The van der Waals surface area contributed by atoms with Crippen molar-refractivity contribution < 1.29 is 33.0 Å². The summed E-state index contributed by atoms with van der Waals surface area (Å²) in [6.07, 6.45) is 3.82. The van der Waals surface area contributed by atoms with Gasteiger partial charge in [-0.2, -0.15) is 5.10 Å². The standard InChI is InChI=1S/C27H30F2N8O5.ClH/c1-3-41-26(39)42-18-33-16-31-34(17-33)15-27(40,23-9-4-20(28)14-24(23)29)19(2)35-12-13-36(25(35)38)21-5-7-22(8-6-21)37-11-10-30-32-37;/h4-11,14,16,19,40H,3,12-13,15,17-18H2,1-2H3;1H/t19-,27-;/m1./s1. The summed E-state index contributed by atoms with van der Waals surface area (Å²) < 4.78 is 40.3. The summed E-state index contributed by atoms with van der Waals surface area (Å²) in [6.45, 7) is 3.68. The van der Waals surface area contributed by atoms with Crippen LogP contribution >= 0.6 is 12.4 Å². The second kappa shape index (κ2) is 13.2. The molecule has 2 aromatic carbocycles. The first kappa shape index (κ1) is 31.4. The highest BCUT2D eigenvalue weighted by Gasteiger charge is 2.47. The molecule has 0 aliphatic carbocycles. The minimum Gasteiger partial charge on any atom is -0.435 e. The van der Waals surface area contributed by atoms with Crippen LogP contribution in [-0.4, -0.2) is 99.1 Å². The maximum absolute atomic E-state index is 15.2. The molecule has 3 aromatic rings. The van der Waals surface area contributed by atoms with Crippen LogP contribution in [0.25, 0.3) is 5.69 Å². The highest BCUT2D eigenvalue weighted by molar-refractivity contribution is 5.94. The fourth-order valence-corrected chi connectivity index (χ4v) is 4.99. The monoisotopic (exact) mass is 620 g/mol. The minimum absolute atomic E-state index is 0. The zero-order valence-corrected chi connectivity index (χ0v) is 24.2. The average Bonchev–Trinajstić information content (AvgIpc) is 3.74. The third-order valence-electron chi connectivity index (χ3n) is 7.20. The topological polar surface area (TPSA) is 129 Å². The lowest BCUT2D eigenvalue weighted by Gasteiger charge is -2.41. The Morgan fingerprint density at radius 3 is 2.53 bits per heavy atom. The summed E-state index contributed by atoms with van der Waals surface area (Å²) >= 11 is 0. The minimum atomic E-state index is -2.00. The molecule has 0 spiro atoms. The number of rotatable bonds is 10. The van der Waals surface area contributed by atoms with E-state index in [-0.39, 0.29) is 57.1 Å². The molecule has 1 saturated heterocycles. The normalized spacial score (nSPS) is 16.7. The van der Waals surface area contributed by atoms with Crippen LogP contribution in [0.2, 0.25) is 0 Å². The maximum Gasteiger partial charge on any atom is 0.509 e. The summed E-state index contributed by atoms with van der Waals surface area (Å²) in [7, 11) is 0. The second-order valence-electron chi connectivity index (χ2n) is 9.80. The van der Waals surface area contributed by atoms with Gasteiger partial charge in [-0.3, -0.25) is 9.91 Å². The number of ether oxygens (including phenoxy) is 2. The van der Waals surface area contributed by atoms with Crippen molar-refractivity contribution in [1.29, 1.82) is 0 Å². The molecule has 1 aromatic heterocycles. The Bertz CT molecular complexity index is 1450. The lowest BCUT2D eigenvalue weighted by atomic mass is 9.85. The van der Waals surface area contributed by atoms with Gasteiger partial charge in [0.05, 0.1) is 37.3 Å². The van der Waals surface area contributed by atoms with Gasteiger partial charge < -0.3 is 24.4 Å². The molecule has 3 heterocycles. The first-order valence-corrected chi connectivity index (χ1v) is 13.2. The number of benzene rings is 2. The molecule has 2 atom stereocenters. The number of aliphatic hydroxyl groups is 1. The first-order valence-electron chi connectivity index (χ1n) is 13.2. The second-order valence-corrected chi connectivity index (χ2v) is 9.80. The number of β-amino-alcohol motifs (C(OH)–C–C–N with tert-alkyl or cyclic N) is 1. The highest BCUT2D eigenvalue weighted by Crippen LogP contribution is 2.35. The number of urea groups is 1. The lowest BCUT2D eigenvalue weighted by Crippen LogP contribution is -2.55. The van der Waals surface area contributed by atoms with E-state index in [1.807, 2.05) is 0 Å². The Balaban J connectivity index is 0.00000423. The van der Waals surface area contributed by atoms with Gasteiger partial charge in [0.1, 0.15) is 30.2 Å². The number of hydrazone groups is 1. The fraction of sp³-hybridized carbons (Fsp3) is 0.370. The van der Waals surface area contributed by atoms with Crippen LogP contribution in [0.15, 0.2) is 60.0 Å². The van der Waals surface area contributed by atoms with Crippen molar-refractivity contribution >= 4 is 36.6 Å². The SMILES string of the molecule is CCOC(=O)OCN1C=NN(C[C@](O)(c2ccc(F)cc2F)[C@@H](C)N2CCN(c3ccc(-n4ccnn4)cc3)C2=O)C1.Cl. The summed E-state index contributed by atoms with van der Waals surface area (Å²) in [4.78, 5) is 29.7. The number of halogens is 3. The van der Waals surface area contributed by atoms with Gasteiger partial charge >= 0.3 is 12.2 Å². The molecule has 0 radical (unpaired) electrons.